The first-order valence-corrected chi connectivity index (χ1v) is 10.6. The molecule has 0 bridgehead atoms. The van der Waals surface area contributed by atoms with Crippen LogP contribution in [0.4, 0.5) is 5.69 Å². The number of rotatable bonds is 7. The third-order valence-electron chi connectivity index (χ3n) is 5.52. The first-order valence-electron chi connectivity index (χ1n) is 10.6. The summed E-state index contributed by atoms with van der Waals surface area (Å²) in [5.41, 5.74) is 3.89. The second-order valence-corrected chi connectivity index (χ2v) is 7.72. The minimum Gasteiger partial charge on any atom is -0.379 e. The Morgan fingerprint density at radius 3 is 2.87 bits per heavy atom. The van der Waals surface area contributed by atoms with Gasteiger partial charge in [-0.3, -0.25) is 19.2 Å². The number of morpholine rings is 1. The summed E-state index contributed by atoms with van der Waals surface area (Å²) in [7, 11) is 0. The molecule has 0 saturated carbocycles. The topological polar surface area (TPSA) is 104 Å². The molecule has 2 amide bonds. The van der Waals surface area contributed by atoms with Crippen molar-refractivity contribution in [3.63, 3.8) is 0 Å². The first-order chi connectivity index (χ1) is 15.1. The van der Waals surface area contributed by atoms with Crippen LogP contribution >= 0.6 is 0 Å². The molecule has 1 aromatic carbocycles. The van der Waals surface area contributed by atoms with Gasteiger partial charge in [-0.1, -0.05) is 12.1 Å². The second-order valence-electron chi connectivity index (χ2n) is 7.72. The van der Waals surface area contributed by atoms with Crippen molar-refractivity contribution in [1.29, 1.82) is 0 Å². The van der Waals surface area contributed by atoms with Crippen LogP contribution < -0.4 is 10.6 Å². The smallest absolute Gasteiger partial charge is 0.313 e. The number of benzene rings is 1. The van der Waals surface area contributed by atoms with Gasteiger partial charge in [-0.15, -0.1) is 0 Å². The molecule has 164 valence electrons. The molecule has 31 heavy (non-hydrogen) atoms. The van der Waals surface area contributed by atoms with E-state index in [1.165, 1.54) is 10.9 Å². The highest BCUT2D eigenvalue weighted by Gasteiger charge is 2.15. The standard InChI is InChI=1S/C22H28N6O3/c1-16-3-2-4-19-20(16)17(13-24-19)5-6-23-21(29)22(30)26-18-14-25-28(15-18)8-7-27-9-11-31-12-10-27/h2-4,13-15,24H,5-12H2,1H3,(H,23,29)(H,26,30). The fraction of sp³-hybridized carbons (Fsp3) is 0.409. The van der Waals surface area contributed by atoms with Crippen molar-refractivity contribution in [3.8, 4) is 0 Å². The van der Waals surface area contributed by atoms with Crippen LogP contribution in [0.2, 0.25) is 0 Å². The van der Waals surface area contributed by atoms with E-state index >= 15 is 0 Å². The number of H-pyrrole nitrogens is 1. The summed E-state index contributed by atoms with van der Waals surface area (Å²) >= 11 is 0. The molecule has 0 aliphatic carbocycles. The molecule has 0 spiro atoms. The Labute approximate surface area is 180 Å². The molecule has 1 saturated heterocycles. The highest BCUT2D eigenvalue weighted by molar-refractivity contribution is 6.39. The Kier molecular flexibility index (Phi) is 6.63. The van der Waals surface area contributed by atoms with Crippen LogP contribution in [0.3, 0.4) is 0 Å². The van der Waals surface area contributed by atoms with Crippen molar-refractivity contribution < 1.29 is 14.3 Å². The summed E-state index contributed by atoms with van der Waals surface area (Å²) in [6, 6.07) is 6.10. The van der Waals surface area contributed by atoms with Gasteiger partial charge in [0, 0.05) is 49.5 Å². The number of aromatic amines is 1. The Morgan fingerprint density at radius 1 is 1.19 bits per heavy atom. The van der Waals surface area contributed by atoms with E-state index in [9.17, 15) is 9.59 Å². The maximum Gasteiger partial charge on any atom is 0.313 e. The number of amides is 2. The predicted molar refractivity (Wildman–Crippen MR) is 118 cm³/mol. The number of aryl methyl sites for hydroxylation is 1. The zero-order valence-corrected chi connectivity index (χ0v) is 17.7. The number of carbonyl (C=O) groups excluding carboxylic acids is 2. The molecule has 1 aliphatic rings. The summed E-state index contributed by atoms with van der Waals surface area (Å²) in [5.74, 6) is -1.35. The molecule has 0 radical (unpaired) electrons. The summed E-state index contributed by atoms with van der Waals surface area (Å²) in [5, 5.41) is 10.7. The Balaban J connectivity index is 1.22. The van der Waals surface area contributed by atoms with E-state index in [1.807, 2.05) is 18.3 Å². The van der Waals surface area contributed by atoms with Crippen LogP contribution in [0.25, 0.3) is 10.9 Å². The number of nitrogens with zero attached hydrogens (tertiary/aromatic N) is 3. The predicted octanol–water partition coefficient (Wildman–Crippen LogP) is 1.30. The van der Waals surface area contributed by atoms with Crippen molar-refractivity contribution in [2.45, 2.75) is 19.9 Å². The molecule has 1 fully saturated rings. The minimum atomic E-state index is -0.692. The number of ether oxygens (including phenoxy) is 1. The zero-order chi connectivity index (χ0) is 21.6. The number of hydrogen-bond donors (Lipinski definition) is 3. The summed E-state index contributed by atoms with van der Waals surface area (Å²) < 4.78 is 7.11. The average Bonchev–Trinajstić information content (AvgIpc) is 3.40. The van der Waals surface area contributed by atoms with Crippen molar-refractivity contribution in [3.05, 3.63) is 47.9 Å². The van der Waals surface area contributed by atoms with E-state index in [2.05, 4.69) is 38.6 Å². The van der Waals surface area contributed by atoms with E-state index in [1.54, 1.807) is 17.1 Å². The highest BCUT2D eigenvalue weighted by atomic mass is 16.5. The lowest BCUT2D eigenvalue weighted by Crippen LogP contribution is -2.38. The van der Waals surface area contributed by atoms with Gasteiger partial charge in [-0.25, -0.2) is 0 Å². The maximum atomic E-state index is 12.2. The van der Waals surface area contributed by atoms with Gasteiger partial charge < -0.3 is 20.4 Å². The number of anilines is 1. The van der Waals surface area contributed by atoms with Gasteiger partial charge in [-0.05, 0) is 30.5 Å². The number of hydrogen-bond acceptors (Lipinski definition) is 5. The molecule has 3 heterocycles. The van der Waals surface area contributed by atoms with E-state index < -0.39 is 11.8 Å². The van der Waals surface area contributed by atoms with Crippen molar-refractivity contribution in [1.82, 2.24) is 25.0 Å². The largest absolute Gasteiger partial charge is 0.379 e. The zero-order valence-electron chi connectivity index (χ0n) is 17.7. The highest BCUT2D eigenvalue weighted by Crippen LogP contribution is 2.22. The van der Waals surface area contributed by atoms with Crippen LogP contribution in [0.1, 0.15) is 11.1 Å². The SMILES string of the molecule is Cc1cccc2[nH]cc(CCNC(=O)C(=O)Nc3cnn(CCN4CCOCC4)c3)c12. The Bertz CT molecular complexity index is 1050. The van der Waals surface area contributed by atoms with E-state index in [0.717, 1.165) is 43.9 Å². The normalized spacial score (nSPS) is 14.6. The molecule has 3 N–H and O–H groups in total. The van der Waals surface area contributed by atoms with Crippen LogP contribution in [0.5, 0.6) is 0 Å². The lowest BCUT2D eigenvalue weighted by atomic mass is 10.1. The fourth-order valence-electron chi connectivity index (χ4n) is 3.85. The van der Waals surface area contributed by atoms with E-state index in [-0.39, 0.29) is 0 Å². The number of nitrogens with one attached hydrogen (secondary N) is 3. The molecule has 1 aliphatic heterocycles. The fourth-order valence-corrected chi connectivity index (χ4v) is 3.85. The van der Waals surface area contributed by atoms with E-state index in [4.69, 9.17) is 4.74 Å². The second kappa shape index (κ2) is 9.76. The molecule has 0 unspecified atom stereocenters. The summed E-state index contributed by atoms with van der Waals surface area (Å²) in [6.07, 6.45) is 5.89. The summed E-state index contributed by atoms with van der Waals surface area (Å²) in [4.78, 5) is 29.9. The minimum absolute atomic E-state index is 0.381. The quantitative estimate of drug-likeness (QED) is 0.496. The monoisotopic (exact) mass is 424 g/mol. The molecular weight excluding hydrogens is 396 g/mol. The number of fused-ring (bicyclic) bond motifs is 1. The lowest BCUT2D eigenvalue weighted by molar-refractivity contribution is -0.136. The summed E-state index contributed by atoms with van der Waals surface area (Å²) in [6.45, 7) is 7.38. The third kappa shape index (κ3) is 5.31. The van der Waals surface area contributed by atoms with Crippen molar-refractivity contribution in [2.75, 3.05) is 44.7 Å². The lowest BCUT2D eigenvalue weighted by Gasteiger charge is -2.26. The van der Waals surface area contributed by atoms with Crippen LogP contribution in [-0.2, 0) is 27.3 Å². The van der Waals surface area contributed by atoms with Gasteiger partial charge in [0.2, 0.25) is 0 Å². The van der Waals surface area contributed by atoms with Crippen LogP contribution in [0, 0.1) is 6.92 Å². The van der Waals surface area contributed by atoms with E-state index in [0.29, 0.717) is 25.2 Å². The molecule has 9 heteroatoms. The number of carbonyl (C=O) groups is 2. The Morgan fingerprint density at radius 2 is 2.03 bits per heavy atom. The van der Waals surface area contributed by atoms with Gasteiger partial charge in [0.15, 0.2) is 0 Å². The Hall–Kier alpha value is -3.17. The van der Waals surface area contributed by atoms with Crippen LogP contribution in [-0.4, -0.2) is 70.9 Å². The first kappa shape index (κ1) is 21.1. The van der Waals surface area contributed by atoms with Gasteiger partial charge in [0.25, 0.3) is 0 Å². The molecule has 0 atom stereocenters. The number of aromatic nitrogens is 3. The van der Waals surface area contributed by atoms with Gasteiger partial charge in [0.05, 0.1) is 31.6 Å². The van der Waals surface area contributed by atoms with Crippen molar-refractivity contribution >= 4 is 28.4 Å². The molecule has 9 nitrogen and oxygen atoms in total. The molecular formula is C22H28N6O3. The average molecular weight is 425 g/mol. The van der Waals surface area contributed by atoms with Gasteiger partial charge >= 0.3 is 11.8 Å². The molecule has 4 rings (SSSR count). The van der Waals surface area contributed by atoms with Gasteiger partial charge in [0.1, 0.15) is 0 Å². The van der Waals surface area contributed by atoms with Gasteiger partial charge in [-0.2, -0.15) is 5.10 Å². The van der Waals surface area contributed by atoms with Crippen molar-refractivity contribution in [2.24, 2.45) is 0 Å². The van der Waals surface area contributed by atoms with Crippen LogP contribution in [0.15, 0.2) is 36.8 Å². The molecule has 3 aromatic rings. The third-order valence-corrected chi connectivity index (χ3v) is 5.52. The molecule has 2 aromatic heterocycles. The maximum absolute atomic E-state index is 12.2.